The van der Waals surface area contributed by atoms with Crippen LogP contribution in [-0.2, 0) is 0 Å². The van der Waals surface area contributed by atoms with Crippen molar-refractivity contribution in [2.24, 2.45) is 0 Å². The summed E-state index contributed by atoms with van der Waals surface area (Å²) in [6, 6.07) is 1.24. The molecule has 94 valence electrons. The van der Waals surface area contributed by atoms with Crippen LogP contribution in [0.1, 0.15) is 28.5 Å². The van der Waals surface area contributed by atoms with E-state index in [1.165, 1.54) is 16.7 Å². The highest BCUT2D eigenvalue weighted by Crippen LogP contribution is 2.55. The monoisotopic (exact) mass is 273 g/mol. The van der Waals surface area contributed by atoms with Crippen molar-refractivity contribution in [3.63, 3.8) is 0 Å². The molecule has 0 radical (unpaired) electrons. The van der Waals surface area contributed by atoms with Gasteiger partial charge in [-0.3, -0.25) is 4.40 Å². The van der Waals surface area contributed by atoms with Gasteiger partial charge in [-0.1, -0.05) is 11.6 Å². The average molecular weight is 274 g/mol. The number of fused-ring (bicyclic) bond motifs is 1. The van der Waals surface area contributed by atoms with E-state index in [0.717, 1.165) is 0 Å². The van der Waals surface area contributed by atoms with Crippen LogP contribution in [0.25, 0.3) is 5.65 Å². The van der Waals surface area contributed by atoms with E-state index in [2.05, 4.69) is 10.2 Å². The molecule has 0 amide bonds. The number of halogens is 3. The molecule has 2 aromatic rings. The lowest BCUT2D eigenvalue weighted by Gasteiger charge is -2.02. The molecule has 1 N–H and O–H groups in total. The van der Waals surface area contributed by atoms with E-state index in [-0.39, 0.29) is 28.5 Å². The lowest BCUT2D eigenvalue weighted by Crippen LogP contribution is -2.02. The van der Waals surface area contributed by atoms with Crippen molar-refractivity contribution >= 4 is 23.2 Å². The molecule has 1 atom stereocenters. The number of aromatic nitrogens is 3. The topological polar surface area (TPSA) is 67.5 Å². The molecule has 1 fully saturated rings. The van der Waals surface area contributed by atoms with Crippen LogP contribution in [0.2, 0.25) is 5.02 Å². The average Bonchev–Trinajstić information content (AvgIpc) is 2.74. The number of alkyl halides is 2. The lowest BCUT2D eigenvalue weighted by atomic mass is 10.2. The summed E-state index contributed by atoms with van der Waals surface area (Å²) in [5.74, 6) is -4.84. The molecule has 1 unspecified atom stereocenters. The van der Waals surface area contributed by atoms with Gasteiger partial charge in [0.25, 0.3) is 5.92 Å². The first-order chi connectivity index (χ1) is 8.42. The van der Waals surface area contributed by atoms with Gasteiger partial charge < -0.3 is 5.11 Å². The zero-order valence-corrected chi connectivity index (χ0v) is 9.53. The fraction of sp³-hybridized carbons (Fsp3) is 0.300. The number of pyridine rings is 1. The number of hydrogen-bond donors (Lipinski definition) is 1. The second kappa shape index (κ2) is 3.38. The minimum atomic E-state index is -2.76. The zero-order chi connectivity index (χ0) is 13.1. The Balaban J connectivity index is 2.17. The van der Waals surface area contributed by atoms with E-state index in [9.17, 15) is 13.6 Å². The molecule has 0 aliphatic heterocycles. The van der Waals surface area contributed by atoms with E-state index >= 15 is 0 Å². The maximum atomic E-state index is 13.0. The Labute approximate surface area is 104 Å². The molecule has 1 saturated carbocycles. The molecule has 5 nitrogen and oxygen atoms in total. The predicted molar refractivity (Wildman–Crippen MR) is 57.3 cm³/mol. The number of nitrogens with zero attached hydrogens (tertiary/aromatic N) is 3. The minimum absolute atomic E-state index is 0.0780. The number of rotatable bonds is 2. The first-order valence-corrected chi connectivity index (χ1v) is 5.44. The highest BCUT2D eigenvalue weighted by molar-refractivity contribution is 6.36. The Bertz CT molecular complexity index is 670. The Morgan fingerprint density at radius 3 is 2.78 bits per heavy atom. The molecule has 8 heteroatoms. The SMILES string of the molecule is O=C(O)c1ccn2c(C3CC3(F)F)nnc2c1Cl. The van der Waals surface area contributed by atoms with Crippen LogP contribution in [0.3, 0.4) is 0 Å². The highest BCUT2D eigenvalue weighted by atomic mass is 35.5. The summed E-state index contributed by atoms with van der Waals surface area (Å²) < 4.78 is 27.3. The van der Waals surface area contributed by atoms with Crippen LogP contribution in [0.15, 0.2) is 12.3 Å². The molecular formula is C10H6ClF2N3O2. The van der Waals surface area contributed by atoms with Gasteiger partial charge in [0.1, 0.15) is 10.8 Å². The largest absolute Gasteiger partial charge is 0.478 e. The fourth-order valence-electron chi connectivity index (χ4n) is 1.84. The third kappa shape index (κ3) is 1.47. The van der Waals surface area contributed by atoms with Gasteiger partial charge in [0.2, 0.25) is 0 Å². The van der Waals surface area contributed by atoms with Gasteiger partial charge in [-0.05, 0) is 6.07 Å². The molecule has 0 saturated heterocycles. The van der Waals surface area contributed by atoms with E-state index < -0.39 is 17.8 Å². The molecular weight excluding hydrogens is 268 g/mol. The molecule has 0 bridgehead atoms. The van der Waals surface area contributed by atoms with Gasteiger partial charge in [-0.15, -0.1) is 10.2 Å². The van der Waals surface area contributed by atoms with Crippen molar-refractivity contribution in [1.29, 1.82) is 0 Å². The molecule has 0 aromatic carbocycles. The molecule has 2 heterocycles. The summed E-state index contributed by atoms with van der Waals surface area (Å²) in [5, 5.41) is 16.1. The quantitative estimate of drug-likeness (QED) is 0.911. The smallest absolute Gasteiger partial charge is 0.337 e. The Morgan fingerprint density at radius 2 is 2.22 bits per heavy atom. The third-order valence-corrected chi connectivity index (χ3v) is 3.29. The van der Waals surface area contributed by atoms with Crippen molar-refractivity contribution < 1.29 is 18.7 Å². The molecule has 18 heavy (non-hydrogen) atoms. The van der Waals surface area contributed by atoms with Crippen LogP contribution in [0.5, 0.6) is 0 Å². The first kappa shape index (κ1) is 11.3. The lowest BCUT2D eigenvalue weighted by molar-refractivity contribution is 0.0697. The van der Waals surface area contributed by atoms with Crippen molar-refractivity contribution in [2.45, 2.75) is 18.3 Å². The maximum Gasteiger partial charge on any atom is 0.337 e. The predicted octanol–water partition coefficient (Wildman–Crippen LogP) is 2.20. The van der Waals surface area contributed by atoms with Crippen LogP contribution < -0.4 is 0 Å². The van der Waals surface area contributed by atoms with Crippen molar-refractivity contribution in [1.82, 2.24) is 14.6 Å². The summed E-state index contributed by atoms with van der Waals surface area (Å²) in [6.45, 7) is 0. The second-order valence-electron chi connectivity index (χ2n) is 4.12. The molecule has 1 aliphatic rings. The van der Waals surface area contributed by atoms with Gasteiger partial charge in [-0.25, -0.2) is 13.6 Å². The van der Waals surface area contributed by atoms with E-state index in [1.807, 2.05) is 0 Å². The van der Waals surface area contributed by atoms with Crippen molar-refractivity contribution in [3.05, 3.63) is 28.7 Å². The number of carboxylic acid groups (broad SMARTS) is 1. The van der Waals surface area contributed by atoms with Crippen LogP contribution in [-0.4, -0.2) is 31.6 Å². The molecule has 1 aliphatic carbocycles. The van der Waals surface area contributed by atoms with Gasteiger partial charge in [0.15, 0.2) is 5.65 Å². The van der Waals surface area contributed by atoms with Gasteiger partial charge in [0.05, 0.1) is 11.5 Å². The Kier molecular flexibility index (Phi) is 2.13. The Morgan fingerprint density at radius 1 is 1.56 bits per heavy atom. The number of carbonyl (C=O) groups is 1. The Hall–Kier alpha value is -1.76. The molecule has 2 aromatic heterocycles. The van der Waals surface area contributed by atoms with Gasteiger partial charge in [-0.2, -0.15) is 0 Å². The van der Waals surface area contributed by atoms with E-state index in [1.54, 1.807) is 0 Å². The van der Waals surface area contributed by atoms with Crippen LogP contribution in [0.4, 0.5) is 8.78 Å². The van der Waals surface area contributed by atoms with Gasteiger partial charge in [0, 0.05) is 12.6 Å². The zero-order valence-electron chi connectivity index (χ0n) is 8.77. The highest BCUT2D eigenvalue weighted by Gasteiger charge is 2.60. The molecule has 0 spiro atoms. The van der Waals surface area contributed by atoms with E-state index in [0.29, 0.717) is 0 Å². The number of aromatic carboxylic acids is 1. The molecule has 3 rings (SSSR count). The number of carboxylic acids is 1. The van der Waals surface area contributed by atoms with E-state index in [4.69, 9.17) is 16.7 Å². The standard InChI is InChI=1S/C10H6ClF2N3O2/c11-6-4(9(17)18)1-2-16-7(14-15-8(6)16)5-3-10(5,12)13/h1-2,5H,3H2,(H,17,18). The van der Waals surface area contributed by atoms with Gasteiger partial charge >= 0.3 is 5.97 Å². The van der Waals surface area contributed by atoms with Crippen LogP contribution >= 0.6 is 11.6 Å². The van der Waals surface area contributed by atoms with Crippen molar-refractivity contribution in [2.75, 3.05) is 0 Å². The summed E-state index contributed by atoms with van der Waals surface area (Å²) in [6.07, 6.45) is 1.07. The van der Waals surface area contributed by atoms with Crippen molar-refractivity contribution in [3.8, 4) is 0 Å². The minimum Gasteiger partial charge on any atom is -0.478 e. The third-order valence-electron chi connectivity index (χ3n) is 2.91. The number of hydrogen-bond acceptors (Lipinski definition) is 3. The van der Waals surface area contributed by atoms with Crippen LogP contribution in [0, 0.1) is 0 Å². The summed E-state index contributed by atoms with van der Waals surface area (Å²) in [7, 11) is 0. The normalized spacial score (nSPS) is 21.2. The second-order valence-corrected chi connectivity index (χ2v) is 4.50. The summed E-state index contributed by atoms with van der Waals surface area (Å²) >= 11 is 5.85. The fourth-order valence-corrected chi connectivity index (χ4v) is 2.11. The first-order valence-electron chi connectivity index (χ1n) is 5.06. The summed E-state index contributed by atoms with van der Waals surface area (Å²) in [5.41, 5.74) is -0.0556. The maximum absolute atomic E-state index is 13.0. The summed E-state index contributed by atoms with van der Waals surface area (Å²) in [4.78, 5) is 10.9.